The van der Waals surface area contributed by atoms with Crippen molar-refractivity contribution in [2.24, 2.45) is 0 Å². The van der Waals surface area contributed by atoms with Crippen LogP contribution in [0.5, 0.6) is 0 Å². The molecule has 0 aromatic heterocycles. The average molecular weight is 385 g/mol. The molecule has 0 bridgehead atoms. The smallest absolute Gasteiger partial charge is 0.378 e. The Morgan fingerprint density at radius 3 is 2.04 bits per heavy atom. The Bertz CT molecular complexity index is 920. The van der Waals surface area contributed by atoms with E-state index in [1.807, 2.05) is 0 Å². The van der Waals surface area contributed by atoms with Gasteiger partial charge >= 0.3 is 6.36 Å². The van der Waals surface area contributed by atoms with Crippen LogP contribution in [0.3, 0.4) is 0 Å². The SMILES string of the molecule is CN(C)c1ccc(N(OC(F)(F)F)S(=O)(=O)c2ccccc2C#N)cc1. The van der Waals surface area contributed by atoms with Gasteiger partial charge in [-0.3, -0.25) is 0 Å². The molecule has 0 saturated carbocycles. The van der Waals surface area contributed by atoms with Gasteiger partial charge in [-0.25, -0.2) is 0 Å². The summed E-state index contributed by atoms with van der Waals surface area (Å²) in [6.07, 6.45) is -5.26. The number of hydrogen-bond donors (Lipinski definition) is 0. The number of halogens is 3. The molecule has 2 aromatic rings. The molecule has 0 aliphatic heterocycles. The van der Waals surface area contributed by atoms with Crippen molar-refractivity contribution in [2.45, 2.75) is 11.3 Å². The second-order valence-electron chi connectivity index (χ2n) is 5.29. The van der Waals surface area contributed by atoms with E-state index in [0.717, 1.165) is 6.07 Å². The van der Waals surface area contributed by atoms with Gasteiger partial charge in [0.15, 0.2) is 0 Å². The van der Waals surface area contributed by atoms with Gasteiger partial charge in [0.05, 0.1) is 11.3 Å². The number of nitrogens with zero attached hydrogens (tertiary/aromatic N) is 3. The molecule has 0 saturated heterocycles. The van der Waals surface area contributed by atoms with E-state index in [4.69, 9.17) is 5.26 Å². The molecule has 0 fully saturated rings. The molecule has 0 radical (unpaired) electrons. The highest BCUT2D eigenvalue weighted by atomic mass is 32.2. The van der Waals surface area contributed by atoms with Gasteiger partial charge in [-0.05, 0) is 36.4 Å². The Labute approximate surface area is 148 Å². The van der Waals surface area contributed by atoms with Crippen molar-refractivity contribution in [1.82, 2.24) is 0 Å². The Hall–Kier alpha value is -2.77. The highest BCUT2D eigenvalue weighted by Gasteiger charge is 2.40. The van der Waals surface area contributed by atoms with Crippen molar-refractivity contribution in [3.8, 4) is 6.07 Å². The number of benzene rings is 2. The second-order valence-corrected chi connectivity index (χ2v) is 7.01. The number of anilines is 2. The molecule has 2 aromatic carbocycles. The molecular formula is C16H14F3N3O3S. The fourth-order valence-electron chi connectivity index (χ4n) is 2.08. The Morgan fingerprint density at radius 2 is 1.54 bits per heavy atom. The summed E-state index contributed by atoms with van der Waals surface area (Å²) in [7, 11) is -1.37. The maximum atomic E-state index is 12.8. The van der Waals surface area contributed by atoms with Crippen LogP contribution in [-0.2, 0) is 14.9 Å². The van der Waals surface area contributed by atoms with E-state index in [0.29, 0.717) is 5.69 Å². The third kappa shape index (κ3) is 4.25. The molecule has 0 aliphatic carbocycles. The van der Waals surface area contributed by atoms with Gasteiger partial charge in [-0.1, -0.05) is 12.1 Å². The van der Waals surface area contributed by atoms with Crippen LogP contribution in [0.1, 0.15) is 5.56 Å². The van der Waals surface area contributed by atoms with Crippen molar-refractivity contribution in [3.05, 3.63) is 54.1 Å². The first kappa shape index (κ1) is 19.6. The topological polar surface area (TPSA) is 73.6 Å². The molecule has 0 heterocycles. The molecule has 0 amide bonds. The van der Waals surface area contributed by atoms with E-state index in [1.165, 1.54) is 42.5 Å². The highest BCUT2D eigenvalue weighted by molar-refractivity contribution is 7.92. The molecule has 0 atom stereocenters. The van der Waals surface area contributed by atoms with E-state index in [9.17, 15) is 21.6 Å². The Kier molecular flexibility index (Phi) is 5.44. The van der Waals surface area contributed by atoms with Crippen LogP contribution < -0.4 is 9.37 Å². The van der Waals surface area contributed by atoms with Gasteiger partial charge in [-0.15, -0.1) is 17.6 Å². The first-order valence-electron chi connectivity index (χ1n) is 7.14. The molecule has 138 valence electrons. The van der Waals surface area contributed by atoms with Gasteiger partial charge in [0.25, 0.3) is 10.0 Å². The van der Waals surface area contributed by atoms with Crippen LogP contribution in [0.2, 0.25) is 0 Å². The molecule has 0 spiro atoms. The monoisotopic (exact) mass is 385 g/mol. The van der Waals surface area contributed by atoms with Crippen LogP contribution in [-0.4, -0.2) is 28.9 Å². The molecule has 6 nitrogen and oxygen atoms in total. The minimum atomic E-state index is -5.26. The molecule has 0 N–H and O–H groups in total. The number of rotatable bonds is 5. The predicted molar refractivity (Wildman–Crippen MR) is 88.7 cm³/mol. The Morgan fingerprint density at radius 1 is 1.00 bits per heavy atom. The molecular weight excluding hydrogens is 371 g/mol. The first-order valence-corrected chi connectivity index (χ1v) is 8.58. The largest absolute Gasteiger partial charge is 0.544 e. The second kappa shape index (κ2) is 7.23. The van der Waals surface area contributed by atoms with Gasteiger partial charge in [0.2, 0.25) is 0 Å². The van der Waals surface area contributed by atoms with E-state index in [1.54, 1.807) is 25.1 Å². The summed E-state index contributed by atoms with van der Waals surface area (Å²) in [4.78, 5) is 4.86. The lowest BCUT2D eigenvalue weighted by Gasteiger charge is -2.25. The van der Waals surface area contributed by atoms with Gasteiger partial charge in [0, 0.05) is 19.8 Å². The van der Waals surface area contributed by atoms with Crippen molar-refractivity contribution in [2.75, 3.05) is 23.5 Å². The summed E-state index contributed by atoms with van der Waals surface area (Å²) in [5.41, 5.74) is -0.00983. The highest BCUT2D eigenvalue weighted by Crippen LogP contribution is 2.31. The maximum absolute atomic E-state index is 12.8. The summed E-state index contributed by atoms with van der Waals surface area (Å²) >= 11 is 0. The van der Waals surface area contributed by atoms with Gasteiger partial charge < -0.3 is 4.90 Å². The number of sulfonamides is 1. The summed E-state index contributed by atoms with van der Waals surface area (Å²) in [6.45, 7) is 0. The van der Waals surface area contributed by atoms with E-state index in [-0.39, 0.29) is 15.7 Å². The average Bonchev–Trinajstić information content (AvgIpc) is 2.59. The zero-order valence-electron chi connectivity index (χ0n) is 13.7. The summed E-state index contributed by atoms with van der Waals surface area (Å²) < 4.78 is 63.7. The van der Waals surface area contributed by atoms with Gasteiger partial charge in [0.1, 0.15) is 11.0 Å². The Balaban J connectivity index is 2.59. The number of alkyl halides is 3. The number of hydrogen-bond acceptors (Lipinski definition) is 5. The normalized spacial score (nSPS) is 11.7. The van der Waals surface area contributed by atoms with Crippen LogP contribution in [0.4, 0.5) is 24.5 Å². The lowest BCUT2D eigenvalue weighted by molar-refractivity contribution is -0.322. The fraction of sp³-hybridized carbons (Fsp3) is 0.188. The quantitative estimate of drug-likeness (QED) is 0.739. The van der Waals surface area contributed by atoms with E-state index >= 15 is 0 Å². The minimum Gasteiger partial charge on any atom is -0.378 e. The molecule has 26 heavy (non-hydrogen) atoms. The minimum absolute atomic E-state index is 0.234. The standard InChI is InChI=1S/C16H14F3N3O3S/c1-21(2)13-7-9-14(10-8-13)22(25-16(17,18)19)26(23,24)15-6-4-3-5-12(15)11-20/h3-10H,1-2H3. The van der Waals surface area contributed by atoms with Crippen molar-refractivity contribution in [1.29, 1.82) is 5.26 Å². The van der Waals surface area contributed by atoms with E-state index < -0.39 is 21.3 Å². The predicted octanol–water partition coefficient (Wildman–Crippen LogP) is 3.27. The number of nitriles is 1. The lowest BCUT2D eigenvalue weighted by atomic mass is 10.2. The zero-order valence-corrected chi connectivity index (χ0v) is 14.5. The third-order valence-electron chi connectivity index (χ3n) is 3.27. The summed E-state index contributed by atoms with van der Waals surface area (Å²) in [5, 5.41) is 9.06. The molecule has 2 rings (SSSR count). The van der Waals surface area contributed by atoms with Gasteiger partial charge in [-0.2, -0.15) is 18.5 Å². The maximum Gasteiger partial charge on any atom is 0.544 e. The van der Waals surface area contributed by atoms with Crippen molar-refractivity contribution in [3.63, 3.8) is 0 Å². The lowest BCUT2D eigenvalue weighted by Crippen LogP contribution is -2.37. The summed E-state index contributed by atoms with van der Waals surface area (Å²) in [6, 6.07) is 11.8. The van der Waals surface area contributed by atoms with E-state index in [2.05, 4.69) is 4.84 Å². The fourth-order valence-corrected chi connectivity index (χ4v) is 3.48. The van der Waals surface area contributed by atoms with Crippen LogP contribution >= 0.6 is 0 Å². The summed E-state index contributed by atoms with van der Waals surface area (Å²) in [5.74, 6) is 0. The first-order chi connectivity index (χ1) is 12.1. The zero-order chi connectivity index (χ0) is 19.5. The van der Waals surface area contributed by atoms with Crippen molar-refractivity contribution < 1.29 is 26.4 Å². The van der Waals surface area contributed by atoms with Crippen LogP contribution in [0, 0.1) is 11.3 Å². The van der Waals surface area contributed by atoms with Crippen LogP contribution in [0.25, 0.3) is 0 Å². The molecule has 0 unspecified atom stereocenters. The van der Waals surface area contributed by atoms with Crippen LogP contribution in [0.15, 0.2) is 53.4 Å². The van der Waals surface area contributed by atoms with Crippen molar-refractivity contribution >= 4 is 21.4 Å². The molecule has 10 heteroatoms. The third-order valence-corrected chi connectivity index (χ3v) is 4.90. The molecule has 0 aliphatic rings.